The molecule has 0 amide bonds. The summed E-state index contributed by atoms with van der Waals surface area (Å²) in [5.74, 6) is 0.642. The Morgan fingerprint density at radius 3 is 2.42 bits per heavy atom. The fourth-order valence-electron chi connectivity index (χ4n) is 3.49. The highest BCUT2D eigenvalue weighted by atomic mass is 19.2. The van der Waals surface area contributed by atoms with E-state index in [9.17, 15) is 8.63 Å². The Kier molecular flexibility index (Phi) is 3.25. The molecule has 0 radical (unpaired) electrons. The molecule has 0 atom stereocenters. The highest BCUT2D eigenvalue weighted by molar-refractivity contribution is 6.59. The van der Waals surface area contributed by atoms with E-state index in [1.165, 1.54) is 0 Å². The molecule has 3 aromatic carbocycles. The van der Waals surface area contributed by atoms with Gasteiger partial charge >= 0.3 is 7.40 Å². The van der Waals surface area contributed by atoms with Crippen molar-refractivity contribution in [1.82, 2.24) is 4.98 Å². The van der Waals surface area contributed by atoms with E-state index in [2.05, 4.69) is 9.98 Å². The largest absolute Gasteiger partial charge is 0.679 e. The zero-order valence-electron chi connectivity index (χ0n) is 13.6. The Bertz CT molecular complexity index is 1180. The summed E-state index contributed by atoms with van der Waals surface area (Å²) in [4.78, 5) is 9.98. The number of amidine groups is 1. The average Bonchev–Trinajstić information content (AvgIpc) is 2.98. The van der Waals surface area contributed by atoms with Gasteiger partial charge in [0.25, 0.3) is 0 Å². The van der Waals surface area contributed by atoms with E-state index in [0.717, 1.165) is 26.5 Å². The zero-order chi connectivity index (χ0) is 17.7. The van der Waals surface area contributed by atoms with Gasteiger partial charge in [0.2, 0.25) is 0 Å². The van der Waals surface area contributed by atoms with E-state index in [1.807, 2.05) is 54.6 Å². The second-order valence-corrected chi connectivity index (χ2v) is 6.13. The zero-order valence-corrected chi connectivity index (χ0v) is 13.6. The van der Waals surface area contributed by atoms with Crippen LogP contribution in [0.3, 0.4) is 0 Å². The van der Waals surface area contributed by atoms with Crippen molar-refractivity contribution in [3.05, 3.63) is 78.4 Å². The quantitative estimate of drug-likeness (QED) is 0.468. The van der Waals surface area contributed by atoms with E-state index >= 15 is 0 Å². The molecule has 0 N–H and O–H groups in total. The number of hydrogen-bond donors (Lipinski definition) is 0. The number of aliphatic imine (C=N–C) groups is 1. The number of nitrogens with zero attached hydrogens (tertiary/aromatic N) is 3. The third-order valence-electron chi connectivity index (χ3n) is 4.61. The van der Waals surface area contributed by atoms with Crippen LogP contribution in [0, 0.1) is 0 Å². The molecule has 26 heavy (non-hydrogen) atoms. The van der Waals surface area contributed by atoms with E-state index in [1.54, 1.807) is 18.2 Å². The lowest BCUT2D eigenvalue weighted by Gasteiger charge is -2.17. The molecule has 1 aliphatic heterocycles. The average molecular weight is 343 g/mol. The van der Waals surface area contributed by atoms with Gasteiger partial charge in [-0.25, -0.2) is 9.98 Å². The summed E-state index contributed by atoms with van der Waals surface area (Å²) >= 11 is 0. The van der Waals surface area contributed by atoms with E-state index in [-0.39, 0.29) is 5.84 Å². The second kappa shape index (κ2) is 5.63. The van der Waals surface area contributed by atoms with Gasteiger partial charge in [-0.2, -0.15) is 0 Å². The first kappa shape index (κ1) is 15.0. The Balaban J connectivity index is 1.74. The van der Waals surface area contributed by atoms with Crippen molar-refractivity contribution in [1.29, 1.82) is 0 Å². The smallest absolute Gasteiger partial charge is 0.309 e. The lowest BCUT2D eigenvalue weighted by Crippen LogP contribution is -2.36. The highest BCUT2D eigenvalue weighted by Crippen LogP contribution is 2.39. The molecule has 4 aromatic rings. The second-order valence-electron chi connectivity index (χ2n) is 6.13. The molecular formula is C20H12BF2N3. The number of pyridine rings is 1. The minimum atomic E-state index is -2.69. The lowest BCUT2D eigenvalue weighted by molar-refractivity contribution is 0.660. The molecule has 2 heterocycles. The predicted octanol–water partition coefficient (Wildman–Crippen LogP) is 5.21. The van der Waals surface area contributed by atoms with Gasteiger partial charge in [-0.1, -0.05) is 48.5 Å². The summed E-state index contributed by atoms with van der Waals surface area (Å²) in [5.41, 5.74) is 1.97. The molecule has 6 heteroatoms. The molecule has 0 bridgehead atoms. The van der Waals surface area contributed by atoms with Crippen molar-refractivity contribution in [2.45, 2.75) is 0 Å². The maximum Gasteiger partial charge on any atom is 0.679 e. The van der Waals surface area contributed by atoms with Gasteiger partial charge in [0.15, 0.2) is 5.82 Å². The fourth-order valence-corrected chi connectivity index (χ4v) is 3.49. The van der Waals surface area contributed by atoms with Crippen molar-refractivity contribution < 1.29 is 8.63 Å². The molecular weight excluding hydrogens is 331 g/mol. The monoisotopic (exact) mass is 343 g/mol. The third-order valence-corrected chi connectivity index (χ3v) is 4.61. The van der Waals surface area contributed by atoms with Crippen LogP contribution in [0.2, 0.25) is 0 Å². The summed E-state index contributed by atoms with van der Waals surface area (Å²) in [6.07, 6.45) is 0. The van der Waals surface area contributed by atoms with E-state index in [0.29, 0.717) is 17.1 Å². The molecule has 1 aromatic heterocycles. The standard InChI is InChI=1S/C20H12BF2N3/c22-21(23)26-17-10-4-7-14-6-3-8-15(19(14)17)20(26)25-18-12-11-13-5-1-2-9-16(13)24-18/h1-12H. The van der Waals surface area contributed by atoms with Crippen LogP contribution in [0.5, 0.6) is 0 Å². The number of benzene rings is 3. The number of aromatic nitrogens is 1. The van der Waals surface area contributed by atoms with Crippen LogP contribution < -0.4 is 4.81 Å². The van der Waals surface area contributed by atoms with Crippen LogP contribution in [0.1, 0.15) is 5.56 Å². The minimum absolute atomic E-state index is 0.231. The predicted molar refractivity (Wildman–Crippen MR) is 102 cm³/mol. The van der Waals surface area contributed by atoms with Crippen LogP contribution in [-0.2, 0) is 0 Å². The summed E-state index contributed by atoms with van der Waals surface area (Å²) in [7, 11) is -2.69. The van der Waals surface area contributed by atoms with Gasteiger partial charge < -0.3 is 4.81 Å². The van der Waals surface area contributed by atoms with Crippen molar-refractivity contribution >= 4 is 46.4 Å². The van der Waals surface area contributed by atoms with Crippen LogP contribution >= 0.6 is 0 Å². The lowest BCUT2D eigenvalue weighted by atomic mass is 10.1. The molecule has 0 spiro atoms. The van der Waals surface area contributed by atoms with Crippen molar-refractivity contribution in [2.75, 3.05) is 4.81 Å². The molecule has 5 rings (SSSR count). The first-order valence-electron chi connectivity index (χ1n) is 8.26. The van der Waals surface area contributed by atoms with Crippen LogP contribution in [0.15, 0.2) is 77.8 Å². The van der Waals surface area contributed by atoms with Crippen LogP contribution in [0.25, 0.3) is 21.7 Å². The van der Waals surface area contributed by atoms with Crippen molar-refractivity contribution in [2.24, 2.45) is 4.99 Å². The summed E-state index contributed by atoms with van der Waals surface area (Å²) in [6, 6.07) is 22.3. The Hall–Kier alpha value is -3.28. The van der Waals surface area contributed by atoms with Gasteiger partial charge in [-0.05, 0) is 29.7 Å². The van der Waals surface area contributed by atoms with Gasteiger partial charge in [0.1, 0.15) is 5.84 Å². The number of rotatable bonds is 2. The maximum absolute atomic E-state index is 13.9. The van der Waals surface area contributed by atoms with Gasteiger partial charge in [-0.15, -0.1) is 0 Å². The van der Waals surface area contributed by atoms with Crippen LogP contribution in [-0.4, -0.2) is 18.2 Å². The molecule has 1 aliphatic rings. The van der Waals surface area contributed by atoms with E-state index in [4.69, 9.17) is 0 Å². The molecule has 0 saturated heterocycles. The third kappa shape index (κ3) is 2.19. The van der Waals surface area contributed by atoms with E-state index < -0.39 is 7.40 Å². The fraction of sp³-hybridized carbons (Fsp3) is 0. The summed E-state index contributed by atoms with van der Waals surface area (Å²) in [6.45, 7) is 0. The van der Waals surface area contributed by atoms with Gasteiger partial charge in [0.05, 0.1) is 5.52 Å². The molecule has 0 fully saturated rings. The summed E-state index contributed by atoms with van der Waals surface area (Å²) < 4.78 is 27.7. The topological polar surface area (TPSA) is 28.5 Å². The number of halogens is 2. The van der Waals surface area contributed by atoms with Gasteiger partial charge in [0, 0.05) is 22.0 Å². The molecule has 0 aliphatic carbocycles. The molecule has 3 nitrogen and oxygen atoms in total. The Morgan fingerprint density at radius 2 is 1.58 bits per heavy atom. The highest BCUT2D eigenvalue weighted by Gasteiger charge is 2.38. The minimum Gasteiger partial charge on any atom is -0.309 e. The van der Waals surface area contributed by atoms with Gasteiger partial charge in [-0.3, -0.25) is 8.63 Å². The number of para-hydroxylation sites is 1. The Morgan fingerprint density at radius 1 is 0.808 bits per heavy atom. The number of fused-ring (bicyclic) bond motifs is 1. The maximum atomic E-state index is 13.9. The normalized spacial score (nSPS) is 14.5. The summed E-state index contributed by atoms with van der Waals surface area (Å²) in [5, 5.41) is 2.70. The first-order valence-corrected chi connectivity index (χ1v) is 8.26. The van der Waals surface area contributed by atoms with Crippen molar-refractivity contribution in [3.8, 4) is 0 Å². The Labute approximate surface area is 148 Å². The SMILES string of the molecule is FB(F)N1C(=Nc2ccc3ccccc3n2)c2cccc3cccc1c23. The molecule has 0 unspecified atom stereocenters. The molecule has 124 valence electrons. The number of anilines is 1. The number of hydrogen-bond acceptors (Lipinski definition) is 2. The van der Waals surface area contributed by atoms with Crippen molar-refractivity contribution in [3.63, 3.8) is 0 Å². The first-order chi connectivity index (χ1) is 12.7. The van der Waals surface area contributed by atoms with Crippen LogP contribution in [0.4, 0.5) is 20.1 Å². The molecule has 0 saturated carbocycles.